The van der Waals surface area contributed by atoms with Crippen LogP contribution in [-0.2, 0) is 6.42 Å². The molecule has 1 aromatic rings. The van der Waals surface area contributed by atoms with Gasteiger partial charge in [-0.05, 0) is 37.9 Å². The summed E-state index contributed by atoms with van der Waals surface area (Å²) in [5.41, 5.74) is 6.86. The van der Waals surface area contributed by atoms with E-state index in [0.717, 1.165) is 31.7 Å². The second-order valence-corrected chi connectivity index (χ2v) is 3.60. The van der Waals surface area contributed by atoms with Gasteiger partial charge in [-0.25, -0.2) is 4.98 Å². The smallest absolute Gasteiger partial charge is 0.131 e. The van der Waals surface area contributed by atoms with E-state index in [-0.39, 0.29) is 0 Å². The number of aromatic nitrogens is 1. The maximum absolute atomic E-state index is 5.60. The lowest BCUT2D eigenvalue weighted by molar-refractivity contribution is 0.769. The van der Waals surface area contributed by atoms with Crippen LogP contribution in [0, 0.1) is 0 Å². The van der Waals surface area contributed by atoms with Gasteiger partial charge in [-0.2, -0.15) is 0 Å². The number of hydrogen-bond acceptors (Lipinski definition) is 3. The maximum atomic E-state index is 5.60. The monoisotopic (exact) mass is 207 g/mol. The van der Waals surface area contributed by atoms with Crippen LogP contribution in [0.5, 0.6) is 0 Å². The largest absolute Gasteiger partial charge is 0.357 e. The molecule has 1 rings (SSSR count). The number of hydrogen-bond donors (Lipinski definition) is 1. The average Bonchev–Trinajstić information content (AvgIpc) is 2.27. The molecule has 0 amide bonds. The van der Waals surface area contributed by atoms with E-state index in [1.807, 2.05) is 12.3 Å². The van der Waals surface area contributed by atoms with Crippen molar-refractivity contribution in [2.75, 3.05) is 24.5 Å². The number of nitrogens with two attached hydrogens (primary N) is 1. The number of pyridine rings is 1. The molecule has 0 fully saturated rings. The van der Waals surface area contributed by atoms with E-state index in [0.29, 0.717) is 6.54 Å². The van der Waals surface area contributed by atoms with Crippen molar-refractivity contribution in [1.29, 1.82) is 0 Å². The highest BCUT2D eigenvalue weighted by molar-refractivity contribution is 5.46. The van der Waals surface area contributed by atoms with Gasteiger partial charge in [-0.1, -0.05) is 13.0 Å². The standard InChI is InChI=1S/C12H21N3/c1-3-10-15(4-2)12-11(7-8-13)6-5-9-14-12/h5-6,9H,3-4,7-8,10,13H2,1-2H3. The molecule has 0 aliphatic rings. The molecule has 0 atom stereocenters. The van der Waals surface area contributed by atoms with E-state index < -0.39 is 0 Å². The second-order valence-electron chi connectivity index (χ2n) is 3.60. The van der Waals surface area contributed by atoms with Crippen molar-refractivity contribution in [2.24, 2.45) is 5.73 Å². The molecular weight excluding hydrogens is 186 g/mol. The Morgan fingerprint density at radius 1 is 1.40 bits per heavy atom. The Labute approximate surface area is 92.3 Å². The number of anilines is 1. The van der Waals surface area contributed by atoms with Gasteiger partial charge in [0.15, 0.2) is 0 Å². The molecule has 1 heterocycles. The first-order valence-corrected chi connectivity index (χ1v) is 5.72. The lowest BCUT2D eigenvalue weighted by atomic mass is 10.1. The van der Waals surface area contributed by atoms with Crippen molar-refractivity contribution in [2.45, 2.75) is 26.7 Å². The molecule has 2 N–H and O–H groups in total. The third-order valence-corrected chi connectivity index (χ3v) is 2.46. The summed E-state index contributed by atoms with van der Waals surface area (Å²) in [5.74, 6) is 1.10. The van der Waals surface area contributed by atoms with E-state index in [4.69, 9.17) is 5.73 Å². The molecule has 3 nitrogen and oxygen atoms in total. The van der Waals surface area contributed by atoms with Gasteiger partial charge in [0.05, 0.1) is 0 Å². The molecule has 0 aliphatic carbocycles. The molecule has 0 spiro atoms. The third kappa shape index (κ3) is 3.20. The zero-order valence-corrected chi connectivity index (χ0v) is 9.74. The molecule has 0 unspecified atom stereocenters. The van der Waals surface area contributed by atoms with Crippen LogP contribution in [0.4, 0.5) is 5.82 Å². The van der Waals surface area contributed by atoms with Gasteiger partial charge < -0.3 is 10.6 Å². The summed E-state index contributed by atoms with van der Waals surface area (Å²) in [6, 6.07) is 4.10. The summed E-state index contributed by atoms with van der Waals surface area (Å²) < 4.78 is 0. The molecule has 0 saturated heterocycles. The molecule has 0 aromatic carbocycles. The third-order valence-electron chi connectivity index (χ3n) is 2.46. The van der Waals surface area contributed by atoms with Gasteiger partial charge in [0, 0.05) is 19.3 Å². The zero-order valence-electron chi connectivity index (χ0n) is 9.74. The fraction of sp³-hybridized carbons (Fsp3) is 0.583. The molecular formula is C12H21N3. The molecule has 1 aromatic heterocycles. The SMILES string of the molecule is CCCN(CC)c1ncccc1CCN. The average molecular weight is 207 g/mol. The van der Waals surface area contributed by atoms with Gasteiger partial charge in [-0.15, -0.1) is 0 Å². The molecule has 15 heavy (non-hydrogen) atoms. The van der Waals surface area contributed by atoms with E-state index in [2.05, 4.69) is 29.8 Å². The Morgan fingerprint density at radius 2 is 2.20 bits per heavy atom. The molecule has 84 valence electrons. The molecule has 3 heteroatoms. The van der Waals surface area contributed by atoms with Crippen molar-refractivity contribution < 1.29 is 0 Å². The fourth-order valence-electron chi connectivity index (χ4n) is 1.75. The Morgan fingerprint density at radius 3 is 2.80 bits per heavy atom. The summed E-state index contributed by atoms with van der Waals surface area (Å²) in [7, 11) is 0. The highest BCUT2D eigenvalue weighted by Gasteiger charge is 2.08. The first kappa shape index (κ1) is 12.0. The maximum Gasteiger partial charge on any atom is 0.131 e. The van der Waals surface area contributed by atoms with Gasteiger partial charge in [0.25, 0.3) is 0 Å². The molecule has 0 saturated carbocycles. The quantitative estimate of drug-likeness (QED) is 0.773. The van der Waals surface area contributed by atoms with Crippen molar-refractivity contribution in [3.05, 3.63) is 23.9 Å². The van der Waals surface area contributed by atoms with Gasteiger partial charge in [0.1, 0.15) is 5.82 Å². The predicted molar refractivity (Wildman–Crippen MR) is 65.2 cm³/mol. The summed E-state index contributed by atoms with van der Waals surface area (Å²) >= 11 is 0. The first-order valence-electron chi connectivity index (χ1n) is 5.72. The summed E-state index contributed by atoms with van der Waals surface area (Å²) in [6.07, 6.45) is 3.91. The fourth-order valence-corrected chi connectivity index (χ4v) is 1.75. The molecule has 0 bridgehead atoms. The highest BCUT2D eigenvalue weighted by Crippen LogP contribution is 2.17. The topological polar surface area (TPSA) is 42.2 Å². The Kier molecular flexibility index (Phi) is 5.12. The van der Waals surface area contributed by atoms with Crippen LogP contribution >= 0.6 is 0 Å². The molecule has 0 radical (unpaired) electrons. The normalized spacial score (nSPS) is 10.3. The Hall–Kier alpha value is -1.09. The van der Waals surface area contributed by atoms with Crippen LogP contribution in [0.1, 0.15) is 25.8 Å². The highest BCUT2D eigenvalue weighted by atomic mass is 15.2. The van der Waals surface area contributed by atoms with E-state index in [9.17, 15) is 0 Å². The number of rotatable bonds is 6. The van der Waals surface area contributed by atoms with Crippen LogP contribution in [0.15, 0.2) is 18.3 Å². The Balaban J connectivity index is 2.88. The Bertz CT molecular complexity index is 286. The van der Waals surface area contributed by atoms with Crippen molar-refractivity contribution in [3.63, 3.8) is 0 Å². The van der Waals surface area contributed by atoms with Gasteiger partial charge >= 0.3 is 0 Å². The van der Waals surface area contributed by atoms with Crippen molar-refractivity contribution in [3.8, 4) is 0 Å². The summed E-state index contributed by atoms with van der Waals surface area (Å²) in [5, 5.41) is 0. The second kappa shape index (κ2) is 6.40. The van der Waals surface area contributed by atoms with E-state index in [1.54, 1.807) is 0 Å². The summed E-state index contributed by atoms with van der Waals surface area (Å²) in [4.78, 5) is 6.77. The molecule has 0 aliphatic heterocycles. The minimum Gasteiger partial charge on any atom is -0.357 e. The number of nitrogens with zero attached hydrogens (tertiary/aromatic N) is 2. The first-order chi connectivity index (χ1) is 7.33. The van der Waals surface area contributed by atoms with Crippen LogP contribution < -0.4 is 10.6 Å². The van der Waals surface area contributed by atoms with Crippen molar-refractivity contribution in [1.82, 2.24) is 4.98 Å². The van der Waals surface area contributed by atoms with Crippen LogP contribution in [0.2, 0.25) is 0 Å². The van der Waals surface area contributed by atoms with Crippen LogP contribution in [-0.4, -0.2) is 24.6 Å². The van der Waals surface area contributed by atoms with Crippen molar-refractivity contribution >= 4 is 5.82 Å². The minimum atomic E-state index is 0.683. The van der Waals surface area contributed by atoms with Gasteiger partial charge in [0.2, 0.25) is 0 Å². The lowest BCUT2D eigenvalue weighted by Gasteiger charge is -2.23. The van der Waals surface area contributed by atoms with Crippen LogP contribution in [0.3, 0.4) is 0 Å². The van der Waals surface area contributed by atoms with E-state index >= 15 is 0 Å². The predicted octanol–water partition coefficient (Wildman–Crippen LogP) is 1.82. The minimum absolute atomic E-state index is 0.683. The summed E-state index contributed by atoms with van der Waals surface area (Å²) in [6.45, 7) is 7.10. The van der Waals surface area contributed by atoms with Crippen LogP contribution in [0.25, 0.3) is 0 Å². The van der Waals surface area contributed by atoms with E-state index in [1.165, 1.54) is 5.56 Å². The van der Waals surface area contributed by atoms with Gasteiger partial charge in [-0.3, -0.25) is 0 Å². The lowest BCUT2D eigenvalue weighted by Crippen LogP contribution is -2.26. The zero-order chi connectivity index (χ0) is 11.1.